The summed E-state index contributed by atoms with van der Waals surface area (Å²) in [5, 5.41) is 18.7. The number of nitrogens with one attached hydrogen (secondary N) is 5. The van der Waals surface area contributed by atoms with E-state index in [0.717, 1.165) is 22.0 Å². The normalized spacial score (nSPS) is 14.0. The Morgan fingerprint density at radius 1 is 0.829 bits per heavy atom. The van der Waals surface area contributed by atoms with Gasteiger partial charge in [-0.25, -0.2) is 9.78 Å². The molecule has 4 unspecified atom stereocenters. The van der Waals surface area contributed by atoms with Crippen molar-refractivity contribution in [1.29, 1.82) is 0 Å². The second-order valence-corrected chi connectivity index (χ2v) is 9.84. The Bertz CT molecular complexity index is 1480. The van der Waals surface area contributed by atoms with Gasteiger partial charge in [0.15, 0.2) is 0 Å². The predicted molar refractivity (Wildman–Crippen MR) is 152 cm³/mol. The highest BCUT2D eigenvalue weighted by Gasteiger charge is 2.31. The molecule has 3 amide bonds. The summed E-state index contributed by atoms with van der Waals surface area (Å²) in [5.74, 6) is -3.06. The van der Waals surface area contributed by atoms with E-state index in [0.29, 0.717) is 5.69 Å². The summed E-state index contributed by atoms with van der Waals surface area (Å²) in [6, 6.07) is 12.2. The number of amides is 3. The molecule has 2 heterocycles. The number of benzene rings is 2. The topological polar surface area (TPSA) is 195 Å². The molecule has 2 aromatic heterocycles. The third-order valence-electron chi connectivity index (χ3n) is 6.65. The summed E-state index contributed by atoms with van der Waals surface area (Å²) in [7, 11) is 0. The Kier molecular flexibility index (Phi) is 9.48. The SMILES string of the molecule is CC(N)C(=O)NC(Cc1cnc[nH]1)C(=O)NC(Cc1ccccc1)C(=O)NC(Cc1c[nH]c2ccccc12)C(=O)O. The fourth-order valence-electron chi connectivity index (χ4n) is 4.45. The summed E-state index contributed by atoms with van der Waals surface area (Å²) in [5.41, 5.74) is 8.62. The van der Waals surface area contributed by atoms with Crippen LogP contribution in [0.15, 0.2) is 73.3 Å². The average molecular weight is 560 g/mol. The van der Waals surface area contributed by atoms with E-state index in [9.17, 15) is 24.3 Å². The van der Waals surface area contributed by atoms with Gasteiger partial charge in [0.05, 0.1) is 12.4 Å². The predicted octanol–water partition coefficient (Wildman–Crippen LogP) is 0.805. The zero-order chi connectivity index (χ0) is 29.4. The smallest absolute Gasteiger partial charge is 0.326 e. The molecular formula is C29H33N7O5. The Balaban J connectivity index is 1.55. The van der Waals surface area contributed by atoms with Crippen molar-refractivity contribution in [3.63, 3.8) is 0 Å². The van der Waals surface area contributed by atoms with Crippen LogP contribution in [0.5, 0.6) is 0 Å². The van der Waals surface area contributed by atoms with Crippen LogP contribution in [-0.4, -0.2) is 67.9 Å². The molecule has 0 saturated carbocycles. The number of aromatic amines is 2. The molecule has 0 radical (unpaired) electrons. The highest BCUT2D eigenvalue weighted by molar-refractivity contribution is 5.94. The highest BCUT2D eigenvalue weighted by atomic mass is 16.4. The van der Waals surface area contributed by atoms with E-state index in [4.69, 9.17) is 5.73 Å². The molecule has 12 nitrogen and oxygen atoms in total. The van der Waals surface area contributed by atoms with Gasteiger partial charge in [-0.3, -0.25) is 14.4 Å². The number of H-pyrrole nitrogens is 2. The van der Waals surface area contributed by atoms with Crippen LogP contribution in [0.25, 0.3) is 10.9 Å². The molecule has 41 heavy (non-hydrogen) atoms. The third-order valence-corrected chi connectivity index (χ3v) is 6.65. The van der Waals surface area contributed by atoms with Gasteiger partial charge in [0.1, 0.15) is 18.1 Å². The number of aliphatic carboxylic acids is 1. The van der Waals surface area contributed by atoms with E-state index in [1.165, 1.54) is 19.4 Å². The number of hydrogen-bond donors (Lipinski definition) is 7. The van der Waals surface area contributed by atoms with Crippen molar-refractivity contribution in [2.45, 2.75) is 50.4 Å². The number of nitrogens with two attached hydrogens (primary N) is 1. The standard InChI is InChI=1S/C29H33N7O5/c1-17(30)26(37)34-24(13-20-15-31-16-33-20)28(39)35-23(11-18-7-3-2-4-8-18)27(38)36-25(29(40)41)12-19-14-32-22-10-6-5-9-21(19)22/h2-10,14-17,23-25,32H,11-13,30H2,1H3,(H,31,33)(H,34,37)(H,35,39)(H,36,38)(H,40,41). The molecule has 0 aliphatic heterocycles. The largest absolute Gasteiger partial charge is 0.480 e. The molecular weight excluding hydrogens is 526 g/mol. The molecule has 12 heteroatoms. The molecule has 0 spiro atoms. The Morgan fingerprint density at radius 2 is 1.46 bits per heavy atom. The van der Waals surface area contributed by atoms with Crippen molar-refractivity contribution in [3.05, 3.63) is 90.1 Å². The molecule has 8 N–H and O–H groups in total. The lowest BCUT2D eigenvalue weighted by molar-refractivity contribution is -0.142. The van der Waals surface area contributed by atoms with Crippen LogP contribution in [0.2, 0.25) is 0 Å². The molecule has 214 valence electrons. The van der Waals surface area contributed by atoms with Gasteiger partial charge in [-0.05, 0) is 24.1 Å². The second kappa shape index (κ2) is 13.4. The number of carbonyl (C=O) groups is 4. The Hall–Kier alpha value is -4.97. The number of carboxylic acids is 1. The van der Waals surface area contributed by atoms with Crippen LogP contribution in [0, 0.1) is 0 Å². The lowest BCUT2D eigenvalue weighted by Crippen LogP contribution is -2.58. The van der Waals surface area contributed by atoms with Gasteiger partial charge in [-0.15, -0.1) is 0 Å². The van der Waals surface area contributed by atoms with E-state index in [2.05, 4.69) is 30.9 Å². The van der Waals surface area contributed by atoms with Crippen molar-refractivity contribution >= 4 is 34.6 Å². The summed E-state index contributed by atoms with van der Waals surface area (Å²) in [6.07, 6.45) is 4.89. The first-order valence-corrected chi connectivity index (χ1v) is 13.2. The number of para-hydroxylation sites is 1. The average Bonchev–Trinajstić information content (AvgIpc) is 3.62. The first kappa shape index (κ1) is 29.0. The molecule has 0 aliphatic carbocycles. The van der Waals surface area contributed by atoms with Gasteiger partial charge in [0, 0.05) is 48.3 Å². The fraction of sp³-hybridized carbons (Fsp3) is 0.276. The minimum atomic E-state index is -1.25. The third kappa shape index (κ3) is 7.79. The number of rotatable bonds is 13. The first-order valence-electron chi connectivity index (χ1n) is 13.2. The maximum absolute atomic E-state index is 13.5. The van der Waals surface area contributed by atoms with E-state index in [-0.39, 0.29) is 19.3 Å². The first-order chi connectivity index (χ1) is 19.7. The summed E-state index contributed by atoms with van der Waals surface area (Å²) < 4.78 is 0. The summed E-state index contributed by atoms with van der Waals surface area (Å²) >= 11 is 0. The number of fused-ring (bicyclic) bond motifs is 1. The quantitative estimate of drug-likeness (QED) is 0.126. The van der Waals surface area contributed by atoms with Crippen LogP contribution >= 0.6 is 0 Å². The van der Waals surface area contributed by atoms with Gasteiger partial charge in [-0.1, -0.05) is 48.5 Å². The van der Waals surface area contributed by atoms with Crippen molar-refractivity contribution < 1.29 is 24.3 Å². The zero-order valence-corrected chi connectivity index (χ0v) is 22.5. The summed E-state index contributed by atoms with van der Waals surface area (Å²) in [6.45, 7) is 1.49. The van der Waals surface area contributed by atoms with Crippen molar-refractivity contribution in [2.75, 3.05) is 0 Å². The molecule has 4 aromatic rings. The lowest BCUT2D eigenvalue weighted by Gasteiger charge is -2.25. The minimum Gasteiger partial charge on any atom is -0.480 e. The van der Waals surface area contributed by atoms with Crippen molar-refractivity contribution in [2.24, 2.45) is 5.73 Å². The van der Waals surface area contributed by atoms with Crippen LogP contribution in [-0.2, 0) is 38.4 Å². The van der Waals surface area contributed by atoms with Crippen molar-refractivity contribution in [3.8, 4) is 0 Å². The van der Waals surface area contributed by atoms with E-state index < -0.39 is 47.9 Å². The Labute approximate surface area is 236 Å². The van der Waals surface area contributed by atoms with Crippen molar-refractivity contribution in [1.82, 2.24) is 30.9 Å². The number of nitrogens with zero attached hydrogens (tertiary/aromatic N) is 1. The van der Waals surface area contributed by atoms with Gasteiger partial charge in [0.25, 0.3) is 0 Å². The molecule has 0 saturated heterocycles. The maximum atomic E-state index is 13.5. The minimum absolute atomic E-state index is 0.0317. The molecule has 4 rings (SSSR count). The number of hydrogen-bond acceptors (Lipinski definition) is 6. The van der Waals surface area contributed by atoms with E-state index in [1.807, 2.05) is 30.3 Å². The van der Waals surface area contributed by atoms with Gasteiger partial charge >= 0.3 is 5.97 Å². The van der Waals surface area contributed by atoms with Gasteiger partial charge in [0.2, 0.25) is 17.7 Å². The Morgan fingerprint density at radius 3 is 2.12 bits per heavy atom. The maximum Gasteiger partial charge on any atom is 0.326 e. The van der Waals surface area contributed by atoms with Crippen LogP contribution in [0.4, 0.5) is 0 Å². The zero-order valence-electron chi connectivity index (χ0n) is 22.5. The monoisotopic (exact) mass is 559 g/mol. The highest BCUT2D eigenvalue weighted by Crippen LogP contribution is 2.19. The molecule has 2 aromatic carbocycles. The van der Waals surface area contributed by atoms with Crippen LogP contribution in [0.1, 0.15) is 23.7 Å². The molecule has 4 atom stereocenters. The molecule has 0 fully saturated rings. The summed E-state index contributed by atoms with van der Waals surface area (Å²) in [4.78, 5) is 61.5. The van der Waals surface area contributed by atoms with Crippen LogP contribution < -0.4 is 21.7 Å². The number of carboxylic acid groups (broad SMARTS) is 1. The van der Waals surface area contributed by atoms with Gasteiger partial charge < -0.3 is 36.8 Å². The molecule has 0 aliphatic rings. The van der Waals surface area contributed by atoms with Crippen LogP contribution in [0.3, 0.4) is 0 Å². The van der Waals surface area contributed by atoms with E-state index >= 15 is 0 Å². The van der Waals surface area contributed by atoms with E-state index in [1.54, 1.807) is 30.5 Å². The fourth-order valence-corrected chi connectivity index (χ4v) is 4.45. The van der Waals surface area contributed by atoms with Gasteiger partial charge in [-0.2, -0.15) is 0 Å². The lowest BCUT2D eigenvalue weighted by atomic mass is 10.0. The number of aromatic nitrogens is 3. The number of imidazole rings is 1. The second-order valence-electron chi connectivity index (χ2n) is 9.84. The molecule has 0 bridgehead atoms. The number of carbonyl (C=O) groups excluding carboxylic acids is 3.